The Balaban J connectivity index is 0.00000126. The van der Waals surface area contributed by atoms with Crippen LogP contribution in [0.1, 0.15) is 24.2 Å². The predicted molar refractivity (Wildman–Crippen MR) is 115 cm³/mol. The maximum Gasteiger partial charge on any atom is 0.227 e. The number of aldehydes is 1. The third-order valence-corrected chi connectivity index (χ3v) is 4.00. The van der Waals surface area contributed by atoms with Gasteiger partial charge in [0.1, 0.15) is 11.8 Å². The molecule has 0 saturated heterocycles. The highest BCUT2D eigenvalue weighted by Crippen LogP contribution is 2.20. The Hall–Kier alpha value is -3.46. The molecule has 27 heavy (non-hydrogen) atoms. The molecule has 0 fully saturated rings. The molecule has 0 aliphatic rings. The number of rotatable bonds is 4. The lowest BCUT2D eigenvalue weighted by Gasteiger charge is -1.95. The number of hydrogen-bond donors (Lipinski definition) is 0. The van der Waals surface area contributed by atoms with E-state index in [1.807, 2.05) is 26.0 Å². The molecule has 1 heterocycles. The van der Waals surface area contributed by atoms with E-state index in [0.29, 0.717) is 22.6 Å². The molecule has 0 aliphatic heterocycles. The molecule has 0 bridgehead atoms. The van der Waals surface area contributed by atoms with Crippen molar-refractivity contribution in [3.8, 4) is 11.5 Å². The highest BCUT2D eigenvalue weighted by Gasteiger charge is 2.12. The van der Waals surface area contributed by atoms with E-state index in [2.05, 4.69) is 31.3 Å². The second kappa shape index (κ2) is 8.77. The number of allylic oxidation sites excluding steroid dienone is 2. The van der Waals surface area contributed by atoms with E-state index < -0.39 is 0 Å². The summed E-state index contributed by atoms with van der Waals surface area (Å²) in [5.74, 6) is 0.467. The summed E-state index contributed by atoms with van der Waals surface area (Å²) in [7, 11) is 0. The van der Waals surface area contributed by atoms with E-state index >= 15 is 0 Å². The van der Waals surface area contributed by atoms with Crippen molar-refractivity contribution in [3.63, 3.8) is 0 Å². The monoisotopic (exact) mass is 357 g/mol. The van der Waals surface area contributed by atoms with Crippen LogP contribution < -0.4 is 20.9 Å². The van der Waals surface area contributed by atoms with Crippen LogP contribution in [0.2, 0.25) is 0 Å². The first-order valence-electron chi connectivity index (χ1n) is 8.72. The van der Waals surface area contributed by atoms with Crippen molar-refractivity contribution in [2.75, 3.05) is 0 Å². The fraction of sp³-hybridized carbons (Fsp3) is 0.0833. The van der Waals surface area contributed by atoms with Crippen LogP contribution in [0.5, 0.6) is 0 Å². The van der Waals surface area contributed by atoms with E-state index in [1.165, 1.54) is 0 Å². The molecular weight excluding hydrogens is 334 g/mol. The Morgan fingerprint density at radius 2 is 1.48 bits per heavy atom. The zero-order valence-corrected chi connectivity index (χ0v) is 15.8. The molecule has 0 atom stereocenters. The molecule has 0 spiro atoms. The molecule has 3 rings (SSSR count). The standard InChI is InChI=1S/C22H17NO2.C2H6/c1-5-7-18-14(3)15(4)19(8-6-2)21-20(18)23-22(25-21)17-11-9-16(13-24)10-12-17;1-2/h5-13H,1-4H2;1-2H3/b18-7+,19-8+;. The second-order valence-electron chi connectivity index (χ2n) is 5.53. The zero-order valence-electron chi connectivity index (χ0n) is 15.8. The van der Waals surface area contributed by atoms with Crippen LogP contribution >= 0.6 is 0 Å². The van der Waals surface area contributed by atoms with Crippen LogP contribution in [0.15, 0.2) is 54.0 Å². The first-order chi connectivity index (χ1) is 13.1. The van der Waals surface area contributed by atoms with Crippen LogP contribution in [0.3, 0.4) is 0 Å². The van der Waals surface area contributed by atoms with Crippen molar-refractivity contribution in [2.24, 2.45) is 0 Å². The van der Waals surface area contributed by atoms with Crippen molar-refractivity contribution >= 4 is 42.7 Å². The maximum atomic E-state index is 10.8. The smallest absolute Gasteiger partial charge is 0.227 e. The summed E-state index contributed by atoms with van der Waals surface area (Å²) < 4.78 is 6.03. The molecule has 0 radical (unpaired) electrons. The molecule has 0 N–H and O–H groups in total. The molecule has 136 valence electrons. The molecule has 0 amide bonds. The molecule has 0 unspecified atom stereocenters. The fourth-order valence-electron chi connectivity index (χ4n) is 2.71. The number of nitrogens with zero attached hydrogens (tertiary/aromatic N) is 1. The summed E-state index contributed by atoms with van der Waals surface area (Å²) in [6.07, 6.45) is 7.85. The summed E-state index contributed by atoms with van der Waals surface area (Å²) in [5, 5.41) is 3.17. The second-order valence-corrected chi connectivity index (χ2v) is 5.53. The fourth-order valence-corrected chi connectivity index (χ4v) is 2.71. The topological polar surface area (TPSA) is 43.1 Å². The first kappa shape index (κ1) is 19.9. The largest absolute Gasteiger partial charge is 0.435 e. The number of oxazole rings is 1. The highest BCUT2D eigenvalue weighted by molar-refractivity contribution is 5.81. The van der Waals surface area contributed by atoms with Gasteiger partial charge in [-0.3, -0.25) is 4.79 Å². The van der Waals surface area contributed by atoms with Gasteiger partial charge in [0, 0.05) is 21.6 Å². The van der Waals surface area contributed by atoms with Crippen molar-refractivity contribution in [1.82, 2.24) is 4.98 Å². The van der Waals surface area contributed by atoms with Gasteiger partial charge in [-0.1, -0.05) is 76.6 Å². The van der Waals surface area contributed by atoms with Gasteiger partial charge in [0.25, 0.3) is 0 Å². The Labute approximate surface area is 158 Å². The normalized spacial score (nSPS) is 11.8. The van der Waals surface area contributed by atoms with Gasteiger partial charge < -0.3 is 4.42 Å². The van der Waals surface area contributed by atoms with Gasteiger partial charge in [-0.05, 0) is 22.6 Å². The van der Waals surface area contributed by atoms with E-state index in [9.17, 15) is 4.79 Å². The Morgan fingerprint density at radius 1 is 0.926 bits per heavy atom. The maximum absolute atomic E-state index is 10.8. The molecule has 3 nitrogen and oxygen atoms in total. The van der Waals surface area contributed by atoms with E-state index in [0.717, 1.165) is 32.7 Å². The van der Waals surface area contributed by atoms with Crippen molar-refractivity contribution in [1.29, 1.82) is 0 Å². The molecule has 0 aliphatic carbocycles. The summed E-state index contributed by atoms with van der Waals surface area (Å²) in [6.45, 7) is 19.7. The minimum Gasteiger partial charge on any atom is -0.435 e. The minimum absolute atomic E-state index is 0.467. The van der Waals surface area contributed by atoms with Gasteiger partial charge in [0.15, 0.2) is 5.58 Å². The van der Waals surface area contributed by atoms with Gasteiger partial charge in [-0.25, -0.2) is 4.98 Å². The number of carbonyl (C=O) groups excluding carboxylic acids is 1. The predicted octanol–water partition coefficient (Wildman–Crippen LogP) is 3.09. The molecule has 1 aromatic heterocycles. The number of benzene rings is 2. The number of aromatic nitrogens is 1. The highest BCUT2D eigenvalue weighted by atomic mass is 16.3. The van der Waals surface area contributed by atoms with Gasteiger partial charge in [0.05, 0.1) is 0 Å². The van der Waals surface area contributed by atoms with Crippen LogP contribution in [-0.4, -0.2) is 11.3 Å². The van der Waals surface area contributed by atoms with Crippen LogP contribution in [-0.2, 0) is 0 Å². The Morgan fingerprint density at radius 3 is 2.04 bits per heavy atom. The Kier molecular flexibility index (Phi) is 6.45. The van der Waals surface area contributed by atoms with Gasteiger partial charge in [0.2, 0.25) is 5.89 Å². The Bertz CT molecular complexity index is 1140. The number of fused-ring (bicyclic) bond motifs is 1. The average Bonchev–Trinajstić information content (AvgIpc) is 3.15. The SMILES string of the molecule is C=C/C=c1\c(=C)c(=C)/c(=C\C=C)c2oc(-c3ccc(C=O)cc3)nc12.CC. The van der Waals surface area contributed by atoms with E-state index in [-0.39, 0.29) is 0 Å². The quantitative estimate of drug-likeness (QED) is 0.674. The van der Waals surface area contributed by atoms with Crippen molar-refractivity contribution in [3.05, 3.63) is 76.0 Å². The summed E-state index contributed by atoms with van der Waals surface area (Å²) in [5.41, 5.74) is 2.70. The third kappa shape index (κ3) is 3.72. The third-order valence-electron chi connectivity index (χ3n) is 4.00. The summed E-state index contributed by atoms with van der Waals surface area (Å²) in [6, 6.07) is 7.06. The van der Waals surface area contributed by atoms with Gasteiger partial charge >= 0.3 is 0 Å². The van der Waals surface area contributed by atoms with Gasteiger partial charge in [-0.15, -0.1) is 0 Å². The number of carbonyl (C=O) groups is 1. The van der Waals surface area contributed by atoms with Crippen LogP contribution in [0, 0.1) is 0 Å². The lowest BCUT2D eigenvalue weighted by atomic mass is 10.1. The van der Waals surface area contributed by atoms with Crippen LogP contribution in [0.4, 0.5) is 0 Å². The summed E-state index contributed by atoms with van der Waals surface area (Å²) in [4.78, 5) is 15.5. The first-order valence-corrected chi connectivity index (χ1v) is 8.72. The molecule has 3 heteroatoms. The number of hydrogen-bond acceptors (Lipinski definition) is 3. The average molecular weight is 357 g/mol. The molecular formula is C24H23NO2. The van der Waals surface area contributed by atoms with E-state index in [4.69, 9.17) is 4.42 Å². The zero-order chi connectivity index (χ0) is 20.0. The summed E-state index contributed by atoms with van der Waals surface area (Å²) >= 11 is 0. The van der Waals surface area contributed by atoms with Crippen molar-refractivity contribution in [2.45, 2.75) is 13.8 Å². The van der Waals surface area contributed by atoms with E-state index in [1.54, 1.807) is 36.4 Å². The van der Waals surface area contributed by atoms with Crippen molar-refractivity contribution < 1.29 is 9.21 Å². The lowest BCUT2D eigenvalue weighted by Crippen LogP contribution is -2.46. The lowest BCUT2D eigenvalue weighted by molar-refractivity contribution is 0.112. The molecule has 0 saturated carbocycles. The molecule has 3 aromatic rings. The van der Waals surface area contributed by atoms with Crippen LogP contribution in [0.25, 0.3) is 47.9 Å². The molecule has 2 aromatic carbocycles. The van der Waals surface area contributed by atoms with Gasteiger partial charge in [-0.2, -0.15) is 0 Å². The minimum atomic E-state index is 0.467.